The van der Waals surface area contributed by atoms with E-state index in [1.807, 2.05) is 6.26 Å². The van der Waals surface area contributed by atoms with E-state index in [2.05, 4.69) is 57.2 Å². The van der Waals surface area contributed by atoms with Gasteiger partial charge in [-0.15, -0.1) is 0 Å². The average molecular weight is 304 g/mol. The summed E-state index contributed by atoms with van der Waals surface area (Å²) in [5, 5.41) is 1.20. The normalized spacial score (nSPS) is 14.0. The van der Waals surface area contributed by atoms with E-state index in [0.717, 1.165) is 23.3 Å². The predicted molar refractivity (Wildman–Crippen MR) is 94.0 cm³/mol. The zero-order valence-electron chi connectivity index (χ0n) is 13.8. The predicted octanol–water partition coefficient (Wildman–Crippen LogP) is 5.52. The molecule has 0 N–H and O–H groups in total. The summed E-state index contributed by atoms with van der Waals surface area (Å²) in [7, 11) is 0. The Morgan fingerprint density at radius 3 is 2.61 bits per heavy atom. The van der Waals surface area contributed by atoms with Gasteiger partial charge in [-0.05, 0) is 48.6 Å². The average Bonchev–Trinajstić information content (AvgIpc) is 2.99. The summed E-state index contributed by atoms with van der Waals surface area (Å²) in [6.45, 7) is 7.04. The molecule has 0 radical (unpaired) electrons. The molecule has 3 aromatic rings. The summed E-state index contributed by atoms with van der Waals surface area (Å²) in [6, 6.07) is 12.8. The lowest BCUT2D eigenvalue weighted by molar-refractivity contribution is 0.344. The van der Waals surface area contributed by atoms with Crippen LogP contribution in [0.4, 0.5) is 0 Å². The Kier molecular flexibility index (Phi) is 3.26. The molecule has 116 valence electrons. The summed E-state index contributed by atoms with van der Waals surface area (Å²) in [5.41, 5.74) is 8.28. The molecule has 0 spiro atoms. The van der Waals surface area contributed by atoms with Crippen LogP contribution in [0.3, 0.4) is 0 Å². The standard InChI is InChI=1S/C21H20O2/c1-4-15-12-23-20-14(3)21-18(10-17(15)20)19(13(2)11-22-21)16-8-6-5-7-9-16/h5-10,12H,4,11H2,1-3H3. The highest BCUT2D eigenvalue weighted by molar-refractivity contribution is 5.95. The maximum atomic E-state index is 6.05. The fourth-order valence-corrected chi connectivity index (χ4v) is 3.50. The largest absolute Gasteiger partial charge is 0.488 e. The van der Waals surface area contributed by atoms with Crippen molar-refractivity contribution in [2.75, 3.05) is 6.61 Å². The van der Waals surface area contributed by atoms with E-state index >= 15 is 0 Å². The van der Waals surface area contributed by atoms with Crippen molar-refractivity contribution in [3.8, 4) is 5.75 Å². The molecular formula is C21H20O2. The van der Waals surface area contributed by atoms with E-state index in [4.69, 9.17) is 9.15 Å². The molecule has 0 unspecified atom stereocenters. The number of ether oxygens (including phenoxy) is 1. The summed E-state index contributed by atoms with van der Waals surface area (Å²) in [4.78, 5) is 0. The van der Waals surface area contributed by atoms with Gasteiger partial charge >= 0.3 is 0 Å². The van der Waals surface area contributed by atoms with Crippen molar-refractivity contribution in [3.63, 3.8) is 0 Å². The minimum atomic E-state index is 0.630. The van der Waals surface area contributed by atoms with Crippen molar-refractivity contribution >= 4 is 16.5 Å². The monoisotopic (exact) mass is 304 g/mol. The van der Waals surface area contributed by atoms with Crippen LogP contribution in [0, 0.1) is 6.92 Å². The third kappa shape index (κ3) is 2.09. The Morgan fingerprint density at radius 1 is 1.09 bits per heavy atom. The van der Waals surface area contributed by atoms with Crippen LogP contribution in [0.5, 0.6) is 5.75 Å². The number of hydrogen-bond acceptors (Lipinski definition) is 2. The van der Waals surface area contributed by atoms with Crippen LogP contribution >= 0.6 is 0 Å². The molecule has 0 saturated heterocycles. The summed E-state index contributed by atoms with van der Waals surface area (Å²) >= 11 is 0. The van der Waals surface area contributed by atoms with Gasteiger partial charge in [0.05, 0.1) is 6.26 Å². The van der Waals surface area contributed by atoms with Crippen LogP contribution in [0.15, 0.2) is 52.7 Å². The van der Waals surface area contributed by atoms with Gasteiger partial charge in [0.15, 0.2) is 0 Å². The zero-order chi connectivity index (χ0) is 16.0. The number of rotatable bonds is 2. The van der Waals surface area contributed by atoms with E-state index in [-0.39, 0.29) is 0 Å². The van der Waals surface area contributed by atoms with Gasteiger partial charge in [-0.25, -0.2) is 0 Å². The second kappa shape index (κ2) is 5.31. The van der Waals surface area contributed by atoms with Gasteiger partial charge in [-0.2, -0.15) is 0 Å². The molecule has 2 heteroatoms. The Hall–Kier alpha value is -2.48. The van der Waals surface area contributed by atoms with Crippen molar-refractivity contribution in [2.24, 2.45) is 0 Å². The molecule has 1 aromatic heterocycles. The molecule has 2 aromatic carbocycles. The molecule has 0 amide bonds. The van der Waals surface area contributed by atoms with Gasteiger partial charge in [0, 0.05) is 16.5 Å². The Balaban J connectivity index is 2.04. The van der Waals surface area contributed by atoms with Crippen LogP contribution in [-0.2, 0) is 6.42 Å². The van der Waals surface area contributed by atoms with E-state index < -0.39 is 0 Å². The fourth-order valence-electron chi connectivity index (χ4n) is 3.50. The molecule has 0 fully saturated rings. The van der Waals surface area contributed by atoms with E-state index in [9.17, 15) is 0 Å². The van der Waals surface area contributed by atoms with Gasteiger partial charge in [-0.3, -0.25) is 0 Å². The van der Waals surface area contributed by atoms with E-state index in [1.54, 1.807) is 0 Å². The summed E-state index contributed by atoms with van der Waals surface area (Å²) in [5.74, 6) is 0.957. The highest BCUT2D eigenvalue weighted by atomic mass is 16.5. The topological polar surface area (TPSA) is 22.4 Å². The van der Waals surface area contributed by atoms with Crippen LogP contribution in [0.2, 0.25) is 0 Å². The molecule has 0 bridgehead atoms. The third-order valence-electron chi connectivity index (χ3n) is 4.70. The first-order chi connectivity index (χ1) is 11.2. The first-order valence-corrected chi connectivity index (χ1v) is 8.12. The SMILES string of the molecule is CCc1coc2c(C)c3c(cc12)C(c1ccccc1)=C(C)CO3. The first-order valence-electron chi connectivity index (χ1n) is 8.12. The van der Waals surface area contributed by atoms with Crippen molar-refractivity contribution in [1.82, 2.24) is 0 Å². The van der Waals surface area contributed by atoms with Crippen molar-refractivity contribution in [2.45, 2.75) is 27.2 Å². The quantitative estimate of drug-likeness (QED) is 0.622. The Bertz CT molecular complexity index is 914. The molecule has 0 aliphatic carbocycles. The molecule has 4 rings (SSSR count). The summed E-state index contributed by atoms with van der Waals surface area (Å²) in [6.07, 6.45) is 2.84. The second-order valence-electron chi connectivity index (χ2n) is 6.18. The van der Waals surface area contributed by atoms with Crippen LogP contribution in [-0.4, -0.2) is 6.61 Å². The van der Waals surface area contributed by atoms with Crippen LogP contribution < -0.4 is 4.74 Å². The number of benzene rings is 2. The van der Waals surface area contributed by atoms with Crippen LogP contribution in [0.1, 0.15) is 36.1 Å². The highest BCUT2D eigenvalue weighted by Gasteiger charge is 2.24. The fraction of sp³-hybridized carbons (Fsp3) is 0.238. The number of furan rings is 1. The van der Waals surface area contributed by atoms with Crippen molar-refractivity contribution < 1.29 is 9.15 Å². The lowest BCUT2D eigenvalue weighted by Gasteiger charge is -2.24. The smallest absolute Gasteiger partial charge is 0.140 e. The lowest BCUT2D eigenvalue weighted by atomic mass is 9.89. The molecule has 2 nitrogen and oxygen atoms in total. The third-order valence-corrected chi connectivity index (χ3v) is 4.70. The highest BCUT2D eigenvalue weighted by Crippen LogP contribution is 2.43. The van der Waals surface area contributed by atoms with E-state index in [0.29, 0.717) is 6.61 Å². The molecule has 23 heavy (non-hydrogen) atoms. The van der Waals surface area contributed by atoms with Gasteiger partial charge in [-0.1, -0.05) is 37.3 Å². The molecule has 1 aliphatic heterocycles. The molecule has 1 aliphatic rings. The lowest BCUT2D eigenvalue weighted by Crippen LogP contribution is -2.11. The Morgan fingerprint density at radius 2 is 1.87 bits per heavy atom. The first kappa shape index (κ1) is 14.1. The van der Waals surface area contributed by atoms with Gasteiger partial charge < -0.3 is 9.15 Å². The Labute approximate surface area is 136 Å². The number of hydrogen-bond donors (Lipinski definition) is 0. The van der Waals surface area contributed by atoms with E-state index in [1.165, 1.54) is 33.2 Å². The zero-order valence-corrected chi connectivity index (χ0v) is 13.8. The maximum absolute atomic E-state index is 6.05. The van der Waals surface area contributed by atoms with Gasteiger partial charge in [0.1, 0.15) is 17.9 Å². The number of aryl methyl sites for hydroxylation is 2. The molecule has 0 saturated carbocycles. The van der Waals surface area contributed by atoms with Crippen molar-refractivity contribution in [3.05, 3.63) is 70.5 Å². The molecule has 2 heterocycles. The summed E-state index contributed by atoms with van der Waals surface area (Å²) < 4.78 is 11.9. The minimum absolute atomic E-state index is 0.630. The minimum Gasteiger partial charge on any atom is -0.488 e. The van der Waals surface area contributed by atoms with Crippen LogP contribution in [0.25, 0.3) is 16.5 Å². The van der Waals surface area contributed by atoms with Gasteiger partial charge in [0.25, 0.3) is 0 Å². The second-order valence-corrected chi connectivity index (χ2v) is 6.18. The molecule has 0 atom stereocenters. The molecular weight excluding hydrogens is 284 g/mol. The number of fused-ring (bicyclic) bond motifs is 2. The maximum Gasteiger partial charge on any atom is 0.140 e. The van der Waals surface area contributed by atoms with Gasteiger partial charge in [0.2, 0.25) is 0 Å². The van der Waals surface area contributed by atoms with Crippen molar-refractivity contribution in [1.29, 1.82) is 0 Å².